The van der Waals surface area contributed by atoms with E-state index in [1.165, 1.54) is 43.2 Å². The Morgan fingerprint density at radius 1 is 1.03 bits per heavy atom. The van der Waals surface area contributed by atoms with Crippen molar-refractivity contribution in [2.75, 3.05) is 24.2 Å². The van der Waals surface area contributed by atoms with Gasteiger partial charge in [0.05, 0.1) is 12.3 Å². The minimum absolute atomic E-state index is 0.154. The Labute approximate surface area is 189 Å². The normalized spacial score (nSPS) is 14.5. The van der Waals surface area contributed by atoms with Gasteiger partial charge in [0.15, 0.2) is 11.0 Å². The van der Waals surface area contributed by atoms with Crippen molar-refractivity contribution in [3.05, 3.63) is 65.2 Å². The number of nitrogens with zero attached hydrogens (tertiary/aromatic N) is 4. The van der Waals surface area contributed by atoms with Crippen LogP contribution in [0.1, 0.15) is 25.1 Å². The zero-order valence-corrected chi connectivity index (χ0v) is 18.5. The number of piperidine rings is 1. The van der Waals surface area contributed by atoms with Crippen molar-refractivity contribution in [2.24, 2.45) is 0 Å². The Bertz CT molecular complexity index is 1020. The van der Waals surface area contributed by atoms with Gasteiger partial charge in [-0.2, -0.15) is 0 Å². The highest BCUT2D eigenvalue weighted by Gasteiger charge is 2.19. The van der Waals surface area contributed by atoms with Crippen molar-refractivity contribution in [3.63, 3.8) is 0 Å². The molecule has 2 aromatic carbocycles. The van der Waals surface area contributed by atoms with Gasteiger partial charge < -0.3 is 5.32 Å². The summed E-state index contributed by atoms with van der Waals surface area (Å²) in [6.45, 7) is 2.73. The van der Waals surface area contributed by atoms with Crippen LogP contribution < -0.4 is 5.32 Å². The van der Waals surface area contributed by atoms with Gasteiger partial charge in [0, 0.05) is 16.4 Å². The highest BCUT2D eigenvalue weighted by Crippen LogP contribution is 2.24. The van der Waals surface area contributed by atoms with Crippen LogP contribution in [0, 0.1) is 5.82 Å². The summed E-state index contributed by atoms with van der Waals surface area (Å²) in [7, 11) is 0. The molecular weight excluding hydrogens is 437 g/mol. The van der Waals surface area contributed by atoms with E-state index in [9.17, 15) is 9.18 Å². The number of anilines is 1. The smallest absolute Gasteiger partial charge is 0.234 e. The third-order valence-corrected chi connectivity index (χ3v) is 6.24. The monoisotopic (exact) mass is 459 g/mol. The predicted molar refractivity (Wildman–Crippen MR) is 121 cm³/mol. The third-order valence-electron chi connectivity index (χ3n) is 5.06. The molecule has 1 aromatic heterocycles. The number of nitrogens with one attached hydrogen (secondary N) is 1. The van der Waals surface area contributed by atoms with E-state index >= 15 is 0 Å². The maximum absolute atomic E-state index is 13.5. The number of hydrogen-bond donors (Lipinski definition) is 1. The second-order valence-corrected chi connectivity index (χ2v) is 8.77. The number of hydrogen-bond acceptors (Lipinski definition) is 5. The van der Waals surface area contributed by atoms with Gasteiger partial charge in [-0.25, -0.2) is 4.39 Å². The van der Waals surface area contributed by atoms with Gasteiger partial charge in [0.2, 0.25) is 5.91 Å². The van der Waals surface area contributed by atoms with E-state index in [4.69, 9.17) is 11.6 Å². The molecule has 0 aliphatic carbocycles. The number of aromatic nitrogens is 3. The molecule has 0 unspecified atom stereocenters. The van der Waals surface area contributed by atoms with E-state index in [2.05, 4.69) is 20.4 Å². The largest absolute Gasteiger partial charge is 0.325 e. The van der Waals surface area contributed by atoms with Crippen LogP contribution in [0.15, 0.2) is 53.7 Å². The topological polar surface area (TPSA) is 63.1 Å². The van der Waals surface area contributed by atoms with Crippen molar-refractivity contribution in [2.45, 2.75) is 31.0 Å². The molecule has 1 aliphatic heterocycles. The molecule has 2 heterocycles. The number of likely N-dealkylation sites (tertiary alicyclic amines) is 1. The van der Waals surface area contributed by atoms with Gasteiger partial charge in [-0.05, 0) is 74.5 Å². The van der Waals surface area contributed by atoms with Gasteiger partial charge in [0.1, 0.15) is 5.82 Å². The van der Waals surface area contributed by atoms with E-state index in [0.717, 1.165) is 24.6 Å². The first-order chi connectivity index (χ1) is 15.1. The lowest BCUT2D eigenvalue weighted by molar-refractivity contribution is -0.113. The molecular formula is C22H23ClFN5OS. The van der Waals surface area contributed by atoms with Crippen LogP contribution in [0.25, 0.3) is 5.69 Å². The standard InChI is InChI=1S/C22H23ClFN5OS/c23-16-4-8-18(9-5-16)25-21(30)15-31-22-27-26-20(14-28-12-2-1-3-13-28)29(22)19-10-6-17(24)7-11-19/h4-11H,1-3,12-15H2,(H,25,30). The first kappa shape index (κ1) is 21.8. The summed E-state index contributed by atoms with van der Waals surface area (Å²) < 4.78 is 15.4. The zero-order chi connectivity index (χ0) is 21.6. The number of amides is 1. The molecule has 1 fully saturated rings. The molecule has 0 saturated carbocycles. The molecule has 0 radical (unpaired) electrons. The number of carbonyl (C=O) groups excluding carboxylic acids is 1. The molecule has 3 aromatic rings. The lowest BCUT2D eigenvalue weighted by atomic mass is 10.1. The molecule has 1 aliphatic rings. The summed E-state index contributed by atoms with van der Waals surface area (Å²) in [4.78, 5) is 14.8. The van der Waals surface area contributed by atoms with Gasteiger partial charge in [0.25, 0.3) is 0 Å². The Morgan fingerprint density at radius 3 is 2.45 bits per heavy atom. The summed E-state index contributed by atoms with van der Waals surface area (Å²) in [5.74, 6) is 0.504. The fourth-order valence-electron chi connectivity index (χ4n) is 3.52. The van der Waals surface area contributed by atoms with Crippen molar-refractivity contribution in [1.29, 1.82) is 0 Å². The molecule has 0 atom stereocenters. The van der Waals surface area contributed by atoms with Gasteiger partial charge >= 0.3 is 0 Å². The number of thioether (sulfide) groups is 1. The average molecular weight is 460 g/mol. The first-order valence-corrected chi connectivity index (χ1v) is 11.6. The minimum atomic E-state index is -0.300. The lowest BCUT2D eigenvalue weighted by Gasteiger charge is -2.26. The summed E-state index contributed by atoms with van der Waals surface area (Å²) in [6.07, 6.45) is 3.61. The number of rotatable bonds is 7. The van der Waals surface area contributed by atoms with E-state index in [0.29, 0.717) is 22.4 Å². The fraction of sp³-hybridized carbons (Fsp3) is 0.318. The van der Waals surface area contributed by atoms with Crippen LogP contribution in [0.4, 0.5) is 10.1 Å². The summed E-state index contributed by atoms with van der Waals surface area (Å²) in [5.41, 5.74) is 1.46. The molecule has 162 valence electrons. The number of benzene rings is 2. The van der Waals surface area contributed by atoms with E-state index in [-0.39, 0.29) is 17.5 Å². The van der Waals surface area contributed by atoms with Crippen molar-refractivity contribution in [3.8, 4) is 5.69 Å². The SMILES string of the molecule is O=C(CSc1nnc(CN2CCCCC2)n1-c1ccc(F)cc1)Nc1ccc(Cl)cc1. The first-order valence-electron chi connectivity index (χ1n) is 10.2. The Balaban J connectivity index is 1.49. The lowest BCUT2D eigenvalue weighted by Crippen LogP contribution is -2.30. The molecule has 9 heteroatoms. The molecule has 1 N–H and O–H groups in total. The van der Waals surface area contributed by atoms with Crippen molar-refractivity contribution in [1.82, 2.24) is 19.7 Å². The second-order valence-electron chi connectivity index (χ2n) is 7.39. The molecule has 1 amide bonds. The number of halogens is 2. The van der Waals surface area contributed by atoms with Crippen LogP contribution >= 0.6 is 23.4 Å². The molecule has 0 bridgehead atoms. The quantitative estimate of drug-likeness (QED) is 0.515. The fourth-order valence-corrected chi connectivity index (χ4v) is 4.42. The Kier molecular flexibility index (Phi) is 7.21. The van der Waals surface area contributed by atoms with Crippen LogP contribution in [-0.4, -0.2) is 44.4 Å². The maximum Gasteiger partial charge on any atom is 0.234 e. The zero-order valence-electron chi connectivity index (χ0n) is 16.9. The molecule has 1 saturated heterocycles. The van der Waals surface area contributed by atoms with E-state index in [1.807, 2.05) is 4.57 Å². The van der Waals surface area contributed by atoms with Gasteiger partial charge in [-0.3, -0.25) is 14.3 Å². The van der Waals surface area contributed by atoms with E-state index in [1.54, 1.807) is 36.4 Å². The average Bonchev–Trinajstić information content (AvgIpc) is 3.17. The van der Waals surface area contributed by atoms with Gasteiger partial charge in [-0.1, -0.05) is 29.8 Å². The molecule has 6 nitrogen and oxygen atoms in total. The van der Waals surface area contributed by atoms with Crippen LogP contribution in [0.3, 0.4) is 0 Å². The Morgan fingerprint density at radius 2 is 1.74 bits per heavy atom. The van der Waals surface area contributed by atoms with Crippen molar-refractivity contribution < 1.29 is 9.18 Å². The molecule has 31 heavy (non-hydrogen) atoms. The molecule has 0 spiro atoms. The summed E-state index contributed by atoms with van der Waals surface area (Å²) in [6, 6.07) is 13.2. The summed E-state index contributed by atoms with van der Waals surface area (Å²) in [5, 5.41) is 12.8. The van der Waals surface area contributed by atoms with Crippen LogP contribution in [0.2, 0.25) is 5.02 Å². The maximum atomic E-state index is 13.5. The van der Waals surface area contributed by atoms with Crippen molar-refractivity contribution >= 4 is 35.0 Å². The van der Waals surface area contributed by atoms with Crippen LogP contribution in [0.5, 0.6) is 0 Å². The second kappa shape index (κ2) is 10.3. The summed E-state index contributed by atoms with van der Waals surface area (Å²) >= 11 is 7.18. The third kappa shape index (κ3) is 5.84. The number of carbonyl (C=O) groups is 1. The van der Waals surface area contributed by atoms with Crippen LogP contribution in [-0.2, 0) is 11.3 Å². The highest BCUT2D eigenvalue weighted by molar-refractivity contribution is 7.99. The van der Waals surface area contributed by atoms with Gasteiger partial charge in [-0.15, -0.1) is 10.2 Å². The van der Waals surface area contributed by atoms with E-state index < -0.39 is 0 Å². The highest BCUT2D eigenvalue weighted by atomic mass is 35.5. The predicted octanol–water partition coefficient (Wildman–Crippen LogP) is 4.78. The minimum Gasteiger partial charge on any atom is -0.325 e. The molecule has 4 rings (SSSR count). The Hall–Kier alpha value is -2.42.